The Kier molecular flexibility index (Phi) is 6.31. The maximum absolute atomic E-state index is 13.2. The molecular formula is C23H28N4O5S. The zero-order chi connectivity index (χ0) is 23.8. The average Bonchev–Trinajstić information content (AvgIpc) is 3.06. The van der Waals surface area contributed by atoms with Crippen LogP contribution < -0.4 is 10.4 Å². The van der Waals surface area contributed by atoms with Gasteiger partial charge in [-0.15, -0.1) is 0 Å². The van der Waals surface area contributed by atoms with Gasteiger partial charge < -0.3 is 9.64 Å². The van der Waals surface area contributed by atoms with Crippen LogP contribution in [0.15, 0.2) is 52.2 Å². The number of aryl methyl sites for hydroxylation is 3. The van der Waals surface area contributed by atoms with E-state index >= 15 is 0 Å². The molecule has 2 heterocycles. The number of carbonyl (C=O) groups excluding carboxylic acids is 1. The van der Waals surface area contributed by atoms with Gasteiger partial charge in [-0.05, 0) is 42.3 Å². The zero-order valence-electron chi connectivity index (χ0n) is 19.0. The molecule has 1 aliphatic heterocycles. The first-order chi connectivity index (χ1) is 15.7. The molecule has 10 heteroatoms. The molecule has 0 saturated carbocycles. The number of aromatic nitrogens is 2. The number of rotatable bonds is 6. The fourth-order valence-corrected chi connectivity index (χ4v) is 5.47. The van der Waals surface area contributed by atoms with E-state index in [4.69, 9.17) is 4.74 Å². The van der Waals surface area contributed by atoms with E-state index in [2.05, 4.69) is 6.92 Å². The molecule has 33 heavy (non-hydrogen) atoms. The van der Waals surface area contributed by atoms with Crippen LogP contribution >= 0.6 is 0 Å². The second-order valence-corrected chi connectivity index (χ2v) is 10.1. The second-order valence-electron chi connectivity index (χ2n) is 8.12. The van der Waals surface area contributed by atoms with Crippen LogP contribution in [0.25, 0.3) is 11.0 Å². The van der Waals surface area contributed by atoms with Gasteiger partial charge in [0.25, 0.3) is 5.91 Å². The molecule has 0 radical (unpaired) electrons. The number of nitrogens with zero attached hydrogens (tertiary/aromatic N) is 4. The van der Waals surface area contributed by atoms with Crippen LogP contribution in [0.2, 0.25) is 0 Å². The predicted octanol–water partition coefficient (Wildman–Crippen LogP) is 1.35. The number of carbonyl (C=O) groups is 1. The molecule has 9 nitrogen and oxygen atoms in total. The third kappa shape index (κ3) is 4.40. The van der Waals surface area contributed by atoms with E-state index in [1.165, 1.54) is 31.1 Å². The first kappa shape index (κ1) is 23.1. The Hall–Kier alpha value is -3.11. The minimum Gasteiger partial charge on any atom is -0.484 e. The quantitative estimate of drug-likeness (QED) is 0.540. The Morgan fingerprint density at radius 3 is 2.21 bits per heavy atom. The van der Waals surface area contributed by atoms with E-state index in [0.29, 0.717) is 29.9 Å². The van der Waals surface area contributed by atoms with E-state index < -0.39 is 10.0 Å². The summed E-state index contributed by atoms with van der Waals surface area (Å²) in [4.78, 5) is 26.4. The van der Waals surface area contributed by atoms with Crippen LogP contribution in [0, 0.1) is 0 Å². The second kappa shape index (κ2) is 9.03. The maximum Gasteiger partial charge on any atom is 0.328 e. The van der Waals surface area contributed by atoms with Gasteiger partial charge in [0, 0.05) is 40.3 Å². The summed E-state index contributed by atoms with van der Waals surface area (Å²) in [5, 5.41) is 0. The molecule has 0 aliphatic carbocycles. The number of imidazole rings is 1. The van der Waals surface area contributed by atoms with Gasteiger partial charge in [-0.1, -0.05) is 19.1 Å². The average molecular weight is 473 g/mol. The Morgan fingerprint density at radius 1 is 0.939 bits per heavy atom. The van der Waals surface area contributed by atoms with Crippen molar-refractivity contribution in [3.63, 3.8) is 0 Å². The fourth-order valence-electron chi connectivity index (χ4n) is 4.03. The van der Waals surface area contributed by atoms with E-state index in [1.54, 1.807) is 25.1 Å². The van der Waals surface area contributed by atoms with Crippen molar-refractivity contribution in [2.24, 2.45) is 14.1 Å². The van der Waals surface area contributed by atoms with Crippen LogP contribution in [0.5, 0.6) is 5.75 Å². The summed E-state index contributed by atoms with van der Waals surface area (Å²) in [6.45, 7) is 2.97. The lowest BCUT2D eigenvalue weighted by atomic mass is 10.2. The highest BCUT2D eigenvalue weighted by molar-refractivity contribution is 7.89. The third-order valence-electron chi connectivity index (χ3n) is 6.17. The van der Waals surface area contributed by atoms with E-state index in [-0.39, 0.29) is 36.2 Å². The van der Waals surface area contributed by atoms with Crippen molar-refractivity contribution in [2.45, 2.75) is 18.2 Å². The standard InChI is InChI=1S/C23H28N4O5S/c1-4-17-5-7-18(8-6-17)32-16-22(28)26-11-13-27(14-12-26)33(30,31)19-9-10-20-21(15-19)25(3)23(29)24(20)2/h5-10,15H,4,11-14,16H2,1-3H3. The van der Waals surface area contributed by atoms with Crippen molar-refractivity contribution in [3.05, 3.63) is 58.5 Å². The molecule has 1 amide bonds. The molecule has 0 unspecified atom stereocenters. The highest BCUT2D eigenvalue weighted by atomic mass is 32.2. The van der Waals surface area contributed by atoms with Crippen LogP contribution in [-0.2, 0) is 35.3 Å². The van der Waals surface area contributed by atoms with Crippen LogP contribution in [0.1, 0.15) is 12.5 Å². The highest BCUT2D eigenvalue weighted by Gasteiger charge is 2.30. The molecule has 1 aromatic heterocycles. The van der Waals surface area contributed by atoms with Gasteiger partial charge in [-0.3, -0.25) is 13.9 Å². The molecule has 1 aliphatic rings. The Morgan fingerprint density at radius 2 is 1.58 bits per heavy atom. The number of hydrogen-bond acceptors (Lipinski definition) is 5. The minimum atomic E-state index is -3.75. The summed E-state index contributed by atoms with van der Waals surface area (Å²) in [6, 6.07) is 12.3. The molecule has 0 spiro atoms. The fraction of sp³-hybridized carbons (Fsp3) is 0.391. The lowest BCUT2D eigenvalue weighted by molar-refractivity contribution is -0.134. The summed E-state index contributed by atoms with van der Waals surface area (Å²) in [7, 11) is -0.477. The smallest absolute Gasteiger partial charge is 0.328 e. The summed E-state index contributed by atoms with van der Waals surface area (Å²) >= 11 is 0. The Bertz CT molecular complexity index is 1330. The zero-order valence-corrected chi connectivity index (χ0v) is 19.8. The van der Waals surface area contributed by atoms with Gasteiger partial charge in [0.1, 0.15) is 5.75 Å². The normalized spacial score (nSPS) is 15.2. The summed E-state index contributed by atoms with van der Waals surface area (Å²) in [5.74, 6) is 0.458. The largest absolute Gasteiger partial charge is 0.484 e. The molecular weight excluding hydrogens is 444 g/mol. The summed E-state index contributed by atoms with van der Waals surface area (Å²) < 4.78 is 36.2. The number of piperazine rings is 1. The molecule has 1 saturated heterocycles. The van der Waals surface area contributed by atoms with Crippen molar-refractivity contribution in [2.75, 3.05) is 32.8 Å². The predicted molar refractivity (Wildman–Crippen MR) is 125 cm³/mol. The Balaban J connectivity index is 1.39. The van der Waals surface area contributed by atoms with Crippen molar-refractivity contribution >= 4 is 27.0 Å². The first-order valence-electron chi connectivity index (χ1n) is 10.9. The summed E-state index contributed by atoms with van der Waals surface area (Å²) in [5.41, 5.74) is 2.21. The molecule has 176 valence electrons. The van der Waals surface area contributed by atoms with Gasteiger partial charge in [-0.25, -0.2) is 13.2 Å². The number of benzene rings is 2. The first-order valence-corrected chi connectivity index (χ1v) is 12.3. The van der Waals surface area contributed by atoms with Gasteiger partial charge >= 0.3 is 5.69 Å². The van der Waals surface area contributed by atoms with Crippen molar-refractivity contribution in [1.29, 1.82) is 0 Å². The summed E-state index contributed by atoms with van der Waals surface area (Å²) in [6.07, 6.45) is 0.934. The molecule has 3 aromatic rings. The van der Waals surface area contributed by atoms with Crippen molar-refractivity contribution in [3.8, 4) is 5.75 Å². The lowest BCUT2D eigenvalue weighted by Gasteiger charge is -2.34. The molecule has 1 fully saturated rings. The molecule has 4 rings (SSSR count). The number of ether oxygens (including phenoxy) is 1. The minimum absolute atomic E-state index is 0.0864. The van der Waals surface area contributed by atoms with E-state index in [0.717, 1.165) is 6.42 Å². The molecule has 0 atom stereocenters. The van der Waals surface area contributed by atoms with Crippen LogP contribution in [0.3, 0.4) is 0 Å². The number of amides is 1. The number of sulfonamides is 1. The van der Waals surface area contributed by atoms with Crippen molar-refractivity contribution in [1.82, 2.24) is 18.3 Å². The highest BCUT2D eigenvalue weighted by Crippen LogP contribution is 2.22. The van der Waals surface area contributed by atoms with Crippen molar-refractivity contribution < 1.29 is 17.9 Å². The van der Waals surface area contributed by atoms with E-state index in [1.807, 2.05) is 24.3 Å². The molecule has 0 bridgehead atoms. The molecule has 0 N–H and O–H groups in total. The SMILES string of the molecule is CCc1ccc(OCC(=O)N2CCN(S(=O)(=O)c3ccc4c(c3)n(C)c(=O)n4C)CC2)cc1. The third-order valence-corrected chi connectivity index (χ3v) is 8.06. The van der Waals surface area contributed by atoms with Gasteiger partial charge in [0.15, 0.2) is 6.61 Å². The van der Waals surface area contributed by atoms with Gasteiger partial charge in [0.05, 0.1) is 15.9 Å². The lowest BCUT2D eigenvalue weighted by Crippen LogP contribution is -2.51. The van der Waals surface area contributed by atoms with Crippen LogP contribution in [-0.4, -0.2) is 65.5 Å². The number of fused-ring (bicyclic) bond motifs is 1. The van der Waals surface area contributed by atoms with Gasteiger partial charge in [-0.2, -0.15) is 4.31 Å². The van der Waals surface area contributed by atoms with Gasteiger partial charge in [0.2, 0.25) is 10.0 Å². The topological polar surface area (TPSA) is 93.8 Å². The van der Waals surface area contributed by atoms with Crippen LogP contribution in [0.4, 0.5) is 0 Å². The molecule has 2 aromatic carbocycles. The Labute approximate surface area is 192 Å². The maximum atomic E-state index is 13.2. The van der Waals surface area contributed by atoms with E-state index in [9.17, 15) is 18.0 Å². The monoisotopic (exact) mass is 472 g/mol. The number of hydrogen-bond donors (Lipinski definition) is 0.